The third-order valence-electron chi connectivity index (χ3n) is 7.42. The number of nitrogens with zero attached hydrogens (tertiary/aromatic N) is 1. The second kappa shape index (κ2) is 10.7. The quantitative estimate of drug-likeness (QED) is 0.517. The Labute approximate surface area is 221 Å². The molecule has 0 radical (unpaired) electrons. The molecule has 5 rings (SSSR count). The lowest BCUT2D eigenvalue weighted by Crippen LogP contribution is -2.60. The lowest BCUT2D eigenvalue weighted by molar-refractivity contribution is -0.183. The fourth-order valence-corrected chi connectivity index (χ4v) is 5.23. The van der Waals surface area contributed by atoms with Gasteiger partial charge in [-0.1, -0.05) is 24.3 Å². The second-order valence-corrected chi connectivity index (χ2v) is 10.8. The molecule has 1 unspecified atom stereocenters. The van der Waals surface area contributed by atoms with Crippen molar-refractivity contribution in [3.05, 3.63) is 70.8 Å². The summed E-state index contributed by atoms with van der Waals surface area (Å²) in [5.74, 6) is -2.10. The fraction of sp³-hybridized carbons (Fsp3) is 0.517. The number of ether oxygens (including phenoxy) is 4. The van der Waals surface area contributed by atoms with E-state index in [1.807, 2.05) is 6.07 Å². The van der Waals surface area contributed by atoms with E-state index in [1.165, 1.54) is 12.1 Å². The summed E-state index contributed by atoms with van der Waals surface area (Å²) >= 11 is 0. The molecule has 7 nitrogen and oxygen atoms in total. The molecule has 202 valence electrons. The molecule has 1 amide bonds. The lowest BCUT2D eigenvalue weighted by atomic mass is 9.78. The lowest BCUT2D eigenvalue weighted by Gasteiger charge is -2.43. The zero-order chi connectivity index (χ0) is 26.9. The first-order valence-electron chi connectivity index (χ1n) is 13.0. The molecule has 1 heterocycles. The van der Waals surface area contributed by atoms with E-state index in [0.717, 1.165) is 18.9 Å². The van der Waals surface area contributed by atoms with Crippen LogP contribution in [0.4, 0.5) is 8.78 Å². The van der Waals surface area contributed by atoms with Gasteiger partial charge in [0.1, 0.15) is 17.7 Å². The van der Waals surface area contributed by atoms with Gasteiger partial charge in [-0.25, -0.2) is 8.78 Å². The number of nitrogens with one attached hydrogen (secondary N) is 1. The Balaban J connectivity index is 1.42. The van der Waals surface area contributed by atoms with Crippen LogP contribution in [0.1, 0.15) is 56.2 Å². The smallest absolute Gasteiger partial charge is 0.252 e. The van der Waals surface area contributed by atoms with Gasteiger partial charge in [0, 0.05) is 31.0 Å². The normalized spacial score (nSPS) is 27.9. The van der Waals surface area contributed by atoms with Gasteiger partial charge in [-0.3, -0.25) is 4.79 Å². The van der Waals surface area contributed by atoms with Crippen molar-refractivity contribution in [2.75, 3.05) is 6.54 Å². The fourth-order valence-electron chi connectivity index (χ4n) is 5.23. The number of nitriles is 1. The van der Waals surface area contributed by atoms with Crippen LogP contribution in [0.2, 0.25) is 0 Å². The van der Waals surface area contributed by atoms with Gasteiger partial charge in [0.25, 0.3) is 5.91 Å². The molecule has 38 heavy (non-hydrogen) atoms. The van der Waals surface area contributed by atoms with E-state index in [0.29, 0.717) is 23.6 Å². The first-order valence-corrected chi connectivity index (χ1v) is 13.0. The largest absolute Gasteiger partial charge is 0.370 e. The molecule has 0 spiro atoms. The number of carbonyl (C=O) groups excluding carboxylic acids is 1. The van der Waals surface area contributed by atoms with Crippen LogP contribution < -0.4 is 5.32 Å². The maximum atomic E-state index is 14.3. The molecule has 1 N–H and O–H groups in total. The summed E-state index contributed by atoms with van der Waals surface area (Å²) < 4.78 is 52.7. The Morgan fingerprint density at radius 2 is 1.89 bits per heavy atom. The van der Waals surface area contributed by atoms with Crippen molar-refractivity contribution in [3.63, 3.8) is 0 Å². The summed E-state index contributed by atoms with van der Waals surface area (Å²) in [6, 6.07) is 12.6. The Morgan fingerprint density at radius 1 is 1.11 bits per heavy atom. The van der Waals surface area contributed by atoms with Crippen molar-refractivity contribution >= 4 is 5.91 Å². The first kappa shape index (κ1) is 26.7. The number of carbonyl (C=O) groups is 1. The van der Waals surface area contributed by atoms with Gasteiger partial charge in [0.15, 0.2) is 11.4 Å². The van der Waals surface area contributed by atoms with E-state index in [9.17, 15) is 18.8 Å². The van der Waals surface area contributed by atoms with Crippen LogP contribution in [-0.2, 0) is 37.0 Å². The zero-order valence-electron chi connectivity index (χ0n) is 21.5. The van der Waals surface area contributed by atoms with Crippen molar-refractivity contribution in [2.45, 2.75) is 82.4 Å². The van der Waals surface area contributed by atoms with Crippen molar-refractivity contribution in [2.24, 2.45) is 5.92 Å². The van der Waals surface area contributed by atoms with E-state index in [-0.39, 0.29) is 37.5 Å². The van der Waals surface area contributed by atoms with Crippen LogP contribution in [0.25, 0.3) is 0 Å². The van der Waals surface area contributed by atoms with E-state index in [2.05, 4.69) is 11.4 Å². The predicted molar refractivity (Wildman–Crippen MR) is 132 cm³/mol. The van der Waals surface area contributed by atoms with Crippen LogP contribution >= 0.6 is 0 Å². The van der Waals surface area contributed by atoms with Crippen molar-refractivity contribution in [3.8, 4) is 6.07 Å². The Hall–Kier alpha value is -2.90. The van der Waals surface area contributed by atoms with E-state index >= 15 is 0 Å². The Morgan fingerprint density at radius 3 is 2.63 bits per heavy atom. The van der Waals surface area contributed by atoms with Crippen molar-refractivity contribution in [1.29, 1.82) is 5.26 Å². The third kappa shape index (κ3) is 5.89. The van der Waals surface area contributed by atoms with E-state index in [4.69, 9.17) is 18.9 Å². The molecule has 4 atom stereocenters. The minimum Gasteiger partial charge on any atom is -0.370 e. The van der Waals surface area contributed by atoms with E-state index < -0.39 is 41.3 Å². The molecule has 2 aliphatic carbocycles. The minimum absolute atomic E-state index is 0.0432. The van der Waals surface area contributed by atoms with Gasteiger partial charge in [0.05, 0.1) is 37.1 Å². The minimum atomic E-state index is -1.32. The molecular formula is C29H32F2N2O5. The highest BCUT2D eigenvalue weighted by Crippen LogP contribution is 2.44. The van der Waals surface area contributed by atoms with Gasteiger partial charge in [-0.2, -0.15) is 5.26 Å². The van der Waals surface area contributed by atoms with E-state index in [1.54, 1.807) is 32.0 Å². The SMILES string of the molecule is CC1(C)O[C@@H]2C[C@@](OCc3ccccc3C#N)(C(=O)NCC3CC3)CC(OCc3ccc(F)cc3F)[C@@H]2O1. The van der Waals surface area contributed by atoms with Gasteiger partial charge < -0.3 is 24.3 Å². The number of hydrogen-bond acceptors (Lipinski definition) is 6. The molecule has 1 aliphatic heterocycles. The molecule has 9 heteroatoms. The maximum Gasteiger partial charge on any atom is 0.252 e. The van der Waals surface area contributed by atoms with Crippen LogP contribution in [0.15, 0.2) is 42.5 Å². The Kier molecular flexibility index (Phi) is 7.51. The second-order valence-electron chi connectivity index (χ2n) is 10.8. The highest BCUT2D eigenvalue weighted by molar-refractivity contribution is 5.85. The summed E-state index contributed by atoms with van der Waals surface area (Å²) in [7, 11) is 0. The topological polar surface area (TPSA) is 89.8 Å². The van der Waals surface area contributed by atoms with Crippen molar-refractivity contribution < 1.29 is 32.5 Å². The van der Waals surface area contributed by atoms with Gasteiger partial charge in [-0.05, 0) is 50.3 Å². The van der Waals surface area contributed by atoms with Crippen molar-refractivity contribution in [1.82, 2.24) is 5.32 Å². The molecule has 1 saturated heterocycles. The summed E-state index contributed by atoms with van der Waals surface area (Å²) in [5, 5.41) is 12.6. The zero-order valence-corrected chi connectivity index (χ0v) is 21.5. The summed E-state index contributed by atoms with van der Waals surface area (Å²) in [5.41, 5.74) is 0.00511. The van der Waals surface area contributed by atoms with Gasteiger partial charge in [0.2, 0.25) is 0 Å². The number of hydrogen-bond donors (Lipinski definition) is 1. The molecular weight excluding hydrogens is 494 g/mol. The molecule has 2 aromatic carbocycles. The molecule has 0 bridgehead atoms. The monoisotopic (exact) mass is 526 g/mol. The number of rotatable bonds is 9. The number of benzene rings is 2. The predicted octanol–water partition coefficient (Wildman–Crippen LogP) is 4.52. The molecule has 3 fully saturated rings. The van der Waals surface area contributed by atoms with Crippen LogP contribution in [0, 0.1) is 28.9 Å². The number of halogens is 2. The highest BCUT2D eigenvalue weighted by atomic mass is 19.1. The standard InChI is InChI=1S/C29H32F2N2O5/c1-28(2)37-25-13-29(27(34)33-15-18-7-8-18,36-17-20-6-4-3-5-19(20)14-32)12-24(26(25)38-28)35-16-21-9-10-22(30)11-23(21)31/h3-6,9-11,18,24-26H,7-8,12-13,15-17H2,1-2H3,(H,33,34)/t24?,25-,26+,29-/m1/s1. The number of fused-ring (bicyclic) bond motifs is 1. The number of amides is 1. The van der Waals surface area contributed by atoms with Crippen LogP contribution in [0.3, 0.4) is 0 Å². The van der Waals surface area contributed by atoms with Gasteiger partial charge >= 0.3 is 0 Å². The average molecular weight is 527 g/mol. The summed E-state index contributed by atoms with van der Waals surface area (Å²) in [6.45, 7) is 4.05. The maximum absolute atomic E-state index is 14.3. The molecule has 0 aromatic heterocycles. The van der Waals surface area contributed by atoms with Crippen LogP contribution in [-0.4, -0.2) is 42.2 Å². The highest BCUT2D eigenvalue weighted by Gasteiger charge is 2.58. The Bertz CT molecular complexity index is 1230. The van der Waals surface area contributed by atoms with Gasteiger partial charge in [-0.15, -0.1) is 0 Å². The third-order valence-corrected chi connectivity index (χ3v) is 7.42. The average Bonchev–Trinajstić information content (AvgIpc) is 3.66. The first-order chi connectivity index (χ1) is 18.2. The molecule has 2 aromatic rings. The van der Waals surface area contributed by atoms with Crippen LogP contribution in [0.5, 0.6) is 0 Å². The molecule has 3 aliphatic rings. The summed E-state index contributed by atoms with van der Waals surface area (Å²) in [6.07, 6.45) is 0.840. The molecule has 2 saturated carbocycles. The summed E-state index contributed by atoms with van der Waals surface area (Å²) in [4.78, 5) is 13.7.